The molecule has 74 valence electrons. The molecule has 14 heavy (non-hydrogen) atoms. The van der Waals surface area contributed by atoms with Crippen LogP contribution in [0, 0.1) is 0 Å². The summed E-state index contributed by atoms with van der Waals surface area (Å²) in [7, 11) is 0. The lowest BCUT2D eigenvalue weighted by Crippen LogP contribution is -2.19. The molecule has 0 aromatic heterocycles. The van der Waals surface area contributed by atoms with Crippen molar-refractivity contribution in [3.05, 3.63) is 33.8 Å². The van der Waals surface area contributed by atoms with E-state index >= 15 is 0 Å². The third kappa shape index (κ3) is 2.02. The van der Waals surface area contributed by atoms with E-state index in [9.17, 15) is 0 Å². The van der Waals surface area contributed by atoms with E-state index in [0.717, 1.165) is 30.7 Å². The first-order valence-corrected chi connectivity index (χ1v) is 5.28. The van der Waals surface area contributed by atoms with E-state index in [4.69, 9.17) is 23.2 Å². The van der Waals surface area contributed by atoms with Gasteiger partial charge in [0.2, 0.25) is 0 Å². The maximum Gasteiger partial charge on any atom is 0.0676 e. The van der Waals surface area contributed by atoms with Gasteiger partial charge in [-0.3, -0.25) is 0 Å². The van der Waals surface area contributed by atoms with Crippen LogP contribution in [0.5, 0.6) is 0 Å². The molecule has 0 bridgehead atoms. The molecule has 1 aliphatic rings. The second kappa shape index (κ2) is 4.20. The minimum Gasteiger partial charge on any atom is -0.310 e. The molecule has 2 rings (SSSR count). The number of rotatable bonds is 1. The second-order valence-corrected chi connectivity index (χ2v) is 4.01. The fraction of sp³-hybridized carbons (Fsp3) is 0.300. The fourth-order valence-corrected chi connectivity index (χ4v) is 1.72. The average Bonchev–Trinajstić information content (AvgIpc) is 2.23. The summed E-state index contributed by atoms with van der Waals surface area (Å²) in [6.45, 7) is 0.949. The number of hydrogen-bond acceptors (Lipinski definition) is 2. The lowest BCUT2D eigenvalue weighted by atomic mass is 10.1. The van der Waals surface area contributed by atoms with Crippen LogP contribution in [0.25, 0.3) is 0 Å². The fourth-order valence-electron chi connectivity index (χ4n) is 1.43. The zero-order chi connectivity index (χ0) is 9.97. The van der Waals surface area contributed by atoms with Crippen molar-refractivity contribution in [2.75, 3.05) is 6.54 Å². The highest BCUT2D eigenvalue weighted by atomic mass is 35.5. The molecule has 2 nitrogen and oxygen atoms in total. The van der Waals surface area contributed by atoms with Gasteiger partial charge in [-0.25, -0.2) is 0 Å². The van der Waals surface area contributed by atoms with Crippen LogP contribution < -0.4 is 5.43 Å². The van der Waals surface area contributed by atoms with Gasteiger partial charge in [-0.1, -0.05) is 29.3 Å². The minimum absolute atomic E-state index is 0.581. The van der Waals surface area contributed by atoms with Crippen molar-refractivity contribution in [3.8, 4) is 0 Å². The van der Waals surface area contributed by atoms with Gasteiger partial charge in [0.1, 0.15) is 0 Å². The van der Waals surface area contributed by atoms with Crippen LogP contribution >= 0.6 is 23.2 Å². The highest BCUT2D eigenvalue weighted by Gasteiger charge is 2.09. The zero-order valence-corrected chi connectivity index (χ0v) is 9.07. The summed E-state index contributed by atoms with van der Waals surface area (Å²) in [5.74, 6) is 0. The van der Waals surface area contributed by atoms with Gasteiger partial charge in [-0.2, -0.15) is 5.10 Å². The molecule has 4 heteroatoms. The molecule has 0 atom stereocenters. The number of hydrazone groups is 1. The van der Waals surface area contributed by atoms with Crippen molar-refractivity contribution in [3.63, 3.8) is 0 Å². The Bertz CT molecular complexity index is 374. The Morgan fingerprint density at radius 1 is 1.21 bits per heavy atom. The van der Waals surface area contributed by atoms with Crippen molar-refractivity contribution in [2.45, 2.75) is 12.8 Å². The Morgan fingerprint density at radius 3 is 2.71 bits per heavy atom. The van der Waals surface area contributed by atoms with Crippen LogP contribution in [0.4, 0.5) is 0 Å². The molecule has 0 radical (unpaired) electrons. The highest BCUT2D eigenvalue weighted by Crippen LogP contribution is 2.23. The van der Waals surface area contributed by atoms with Gasteiger partial charge in [0, 0.05) is 6.54 Å². The molecular formula is C10H10Cl2N2. The van der Waals surface area contributed by atoms with Gasteiger partial charge < -0.3 is 5.43 Å². The van der Waals surface area contributed by atoms with Crippen molar-refractivity contribution in [1.29, 1.82) is 0 Å². The standard InChI is InChI=1S/C10H10Cl2N2/c11-8-4-3-7(6-9(8)12)10-2-1-5-13-14-10/h3-4,6,13H,1-2,5H2. The summed E-state index contributed by atoms with van der Waals surface area (Å²) in [5.41, 5.74) is 5.08. The van der Waals surface area contributed by atoms with Crippen LogP contribution in [0.15, 0.2) is 23.3 Å². The smallest absolute Gasteiger partial charge is 0.0676 e. The van der Waals surface area contributed by atoms with Crippen LogP contribution in [0.2, 0.25) is 10.0 Å². The van der Waals surface area contributed by atoms with Crippen LogP contribution in [0.3, 0.4) is 0 Å². The molecule has 1 N–H and O–H groups in total. The van der Waals surface area contributed by atoms with Gasteiger partial charge >= 0.3 is 0 Å². The zero-order valence-electron chi connectivity index (χ0n) is 7.56. The molecule has 0 spiro atoms. The van der Waals surface area contributed by atoms with Crippen molar-refractivity contribution < 1.29 is 0 Å². The molecule has 1 aliphatic heterocycles. The van der Waals surface area contributed by atoms with Gasteiger partial charge in [0.05, 0.1) is 15.8 Å². The third-order valence-electron chi connectivity index (χ3n) is 2.17. The summed E-state index contributed by atoms with van der Waals surface area (Å²) in [6.07, 6.45) is 2.10. The van der Waals surface area contributed by atoms with E-state index in [1.165, 1.54) is 0 Å². The van der Waals surface area contributed by atoms with Crippen molar-refractivity contribution >= 4 is 28.9 Å². The molecule has 0 fully saturated rings. The van der Waals surface area contributed by atoms with E-state index in [-0.39, 0.29) is 0 Å². The van der Waals surface area contributed by atoms with Crippen LogP contribution in [-0.4, -0.2) is 12.3 Å². The predicted molar refractivity (Wildman–Crippen MR) is 60.2 cm³/mol. The Hall–Kier alpha value is -0.730. The molecule has 1 aromatic carbocycles. The Kier molecular flexibility index (Phi) is 2.94. The molecular weight excluding hydrogens is 219 g/mol. The molecule has 1 heterocycles. The Balaban J connectivity index is 2.32. The van der Waals surface area contributed by atoms with Crippen molar-refractivity contribution in [1.82, 2.24) is 5.43 Å². The highest BCUT2D eigenvalue weighted by molar-refractivity contribution is 6.42. The quantitative estimate of drug-likeness (QED) is 0.786. The predicted octanol–water partition coefficient (Wildman–Crippen LogP) is 3.08. The van der Waals surface area contributed by atoms with E-state index < -0.39 is 0 Å². The molecule has 0 saturated carbocycles. The van der Waals surface area contributed by atoms with Gasteiger partial charge in [0.15, 0.2) is 0 Å². The number of halogens is 2. The van der Waals surface area contributed by atoms with E-state index in [1.54, 1.807) is 6.07 Å². The molecule has 0 aliphatic carbocycles. The number of nitrogens with one attached hydrogen (secondary N) is 1. The summed E-state index contributed by atoms with van der Waals surface area (Å²) in [4.78, 5) is 0. The molecule has 1 aromatic rings. The van der Waals surface area contributed by atoms with Crippen LogP contribution in [0.1, 0.15) is 18.4 Å². The second-order valence-electron chi connectivity index (χ2n) is 3.20. The third-order valence-corrected chi connectivity index (χ3v) is 2.91. The van der Waals surface area contributed by atoms with Gasteiger partial charge in [-0.05, 0) is 30.5 Å². The summed E-state index contributed by atoms with van der Waals surface area (Å²) in [5, 5.41) is 5.40. The first-order chi connectivity index (χ1) is 6.77. The van der Waals surface area contributed by atoms with Gasteiger partial charge in [-0.15, -0.1) is 0 Å². The number of hydrogen-bond donors (Lipinski definition) is 1. The summed E-state index contributed by atoms with van der Waals surface area (Å²) >= 11 is 11.8. The van der Waals surface area contributed by atoms with Crippen LogP contribution in [-0.2, 0) is 0 Å². The Morgan fingerprint density at radius 2 is 2.07 bits per heavy atom. The van der Waals surface area contributed by atoms with Crippen molar-refractivity contribution in [2.24, 2.45) is 5.10 Å². The Labute approximate surface area is 92.9 Å². The van der Waals surface area contributed by atoms with E-state index in [1.807, 2.05) is 12.1 Å². The largest absolute Gasteiger partial charge is 0.310 e. The SMILES string of the molecule is Clc1ccc(C2=NNCCC2)cc1Cl. The average molecular weight is 229 g/mol. The summed E-state index contributed by atoms with van der Waals surface area (Å²) < 4.78 is 0. The minimum atomic E-state index is 0.581. The van der Waals surface area contributed by atoms with Gasteiger partial charge in [0.25, 0.3) is 0 Å². The topological polar surface area (TPSA) is 24.4 Å². The lowest BCUT2D eigenvalue weighted by Gasteiger charge is -2.13. The molecule has 0 amide bonds. The number of benzene rings is 1. The van der Waals surface area contributed by atoms with E-state index in [2.05, 4.69) is 10.5 Å². The van der Waals surface area contributed by atoms with E-state index in [0.29, 0.717) is 10.0 Å². The molecule has 0 saturated heterocycles. The molecule has 0 unspecified atom stereocenters. The lowest BCUT2D eigenvalue weighted by molar-refractivity contribution is 0.662. The normalized spacial score (nSPS) is 16.0. The maximum atomic E-state index is 5.93. The summed E-state index contributed by atoms with van der Waals surface area (Å²) in [6, 6.07) is 5.60. The first-order valence-electron chi connectivity index (χ1n) is 4.52. The first kappa shape index (κ1) is 9.81. The number of nitrogens with zero attached hydrogens (tertiary/aromatic N) is 1. The monoisotopic (exact) mass is 228 g/mol. The maximum absolute atomic E-state index is 5.93.